The number of nitrogens with zero attached hydrogens (tertiary/aromatic N) is 1. The first-order valence-corrected chi connectivity index (χ1v) is 6.25. The molecular weight excluding hydrogens is 305 g/mol. The number of carbonyl (C=O) groups is 2. The van der Waals surface area contributed by atoms with Crippen molar-refractivity contribution in [2.45, 2.75) is 6.42 Å². The minimum absolute atomic E-state index is 0.183. The lowest BCUT2D eigenvalue weighted by atomic mass is 10.1. The zero-order valence-electron chi connectivity index (χ0n) is 9.40. The largest absolute Gasteiger partial charge is 0.481 e. The molecule has 0 saturated carbocycles. The van der Waals surface area contributed by atoms with E-state index in [9.17, 15) is 14.0 Å². The third-order valence-electron chi connectivity index (χ3n) is 2.93. The fourth-order valence-electron chi connectivity index (χ4n) is 2.01. The molecule has 0 radical (unpaired) electrons. The molecule has 0 bridgehead atoms. The number of carboxylic acids is 1. The van der Waals surface area contributed by atoms with E-state index in [2.05, 4.69) is 15.9 Å². The summed E-state index contributed by atoms with van der Waals surface area (Å²) in [5.74, 6) is -2.25. The number of amides is 1. The van der Waals surface area contributed by atoms with Gasteiger partial charge in [0.15, 0.2) is 0 Å². The zero-order chi connectivity index (χ0) is 13.3. The van der Waals surface area contributed by atoms with Crippen LogP contribution in [0, 0.1) is 11.7 Å². The molecule has 2 rings (SSSR count). The molecule has 1 atom stereocenters. The molecule has 0 aromatic heterocycles. The molecule has 6 heteroatoms. The maximum Gasteiger partial charge on any atom is 0.308 e. The summed E-state index contributed by atoms with van der Waals surface area (Å²) in [6.45, 7) is 0.576. The Balaban J connectivity index is 2.15. The van der Waals surface area contributed by atoms with Gasteiger partial charge in [-0.2, -0.15) is 0 Å². The fourth-order valence-corrected chi connectivity index (χ4v) is 2.47. The first kappa shape index (κ1) is 13.0. The number of hydrogen-bond acceptors (Lipinski definition) is 2. The minimum atomic E-state index is -0.897. The molecule has 0 spiro atoms. The molecule has 0 aliphatic carbocycles. The Morgan fingerprint density at radius 1 is 1.39 bits per heavy atom. The van der Waals surface area contributed by atoms with Crippen molar-refractivity contribution in [3.8, 4) is 0 Å². The molecule has 1 aliphatic heterocycles. The fraction of sp³-hybridized carbons (Fsp3) is 0.333. The second kappa shape index (κ2) is 5.06. The Hall–Kier alpha value is -1.43. The lowest BCUT2D eigenvalue weighted by Gasteiger charge is -2.16. The number of aliphatic carboxylic acids is 1. The molecule has 4 nitrogen and oxygen atoms in total. The van der Waals surface area contributed by atoms with Gasteiger partial charge in [0.25, 0.3) is 5.91 Å². The van der Waals surface area contributed by atoms with Crippen molar-refractivity contribution in [3.63, 3.8) is 0 Å². The van der Waals surface area contributed by atoms with Gasteiger partial charge < -0.3 is 10.0 Å². The average molecular weight is 316 g/mol. The number of hydrogen-bond donors (Lipinski definition) is 1. The molecule has 1 amide bonds. The summed E-state index contributed by atoms with van der Waals surface area (Å²) >= 11 is 3.12. The van der Waals surface area contributed by atoms with Gasteiger partial charge in [0, 0.05) is 23.1 Å². The quantitative estimate of drug-likeness (QED) is 0.909. The van der Waals surface area contributed by atoms with Crippen molar-refractivity contribution in [2.75, 3.05) is 13.1 Å². The van der Waals surface area contributed by atoms with E-state index in [1.54, 1.807) is 0 Å². The van der Waals surface area contributed by atoms with E-state index >= 15 is 0 Å². The van der Waals surface area contributed by atoms with E-state index in [4.69, 9.17) is 5.11 Å². The highest BCUT2D eigenvalue weighted by Gasteiger charge is 2.31. The second-order valence-corrected chi connectivity index (χ2v) is 5.15. The Kier molecular flexibility index (Phi) is 3.65. The highest BCUT2D eigenvalue weighted by Crippen LogP contribution is 2.21. The van der Waals surface area contributed by atoms with Crippen LogP contribution in [0.1, 0.15) is 16.8 Å². The van der Waals surface area contributed by atoms with Gasteiger partial charge in [-0.25, -0.2) is 4.39 Å². The molecule has 1 fully saturated rings. The normalized spacial score (nSPS) is 19.0. The Bertz CT molecular complexity index is 486. The third-order valence-corrected chi connectivity index (χ3v) is 3.39. The number of benzene rings is 1. The SMILES string of the molecule is O=C(O)[C@H]1CCN(C(=O)c2cc(F)cc(Br)c2)C1. The molecule has 96 valence electrons. The van der Waals surface area contributed by atoms with Crippen LogP contribution in [0.3, 0.4) is 0 Å². The van der Waals surface area contributed by atoms with Crippen molar-refractivity contribution in [3.05, 3.63) is 34.1 Å². The first-order valence-electron chi connectivity index (χ1n) is 5.45. The van der Waals surface area contributed by atoms with Gasteiger partial charge in [0.2, 0.25) is 0 Å². The summed E-state index contributed by atoms with van der Waals surface area (Å²) in [5.41, 5.74) is 0.230. The van der Waals surface area contributed by atoms with Gasteiger partial charge >= 0.3 is 5.97 Å². The van der Waals surface area contributed by atoms with Crippen LogP contribution in [-0.4, -0.2) is 35.0 Å². The van der Waals surface area contributed by atoms with E-state index in [1.807, 2.05) is 0 Å². The Morgan fingerprint density at radius 2 is 2.11 bits per heavy atom. The number of likely N-dealkylation sites (tertiary alicyclic amines) is 1. The van der Waals surface area contributed by atoms with E-state index in [0.29, 0.717) is 17.4 Å². The number of halogens is 2. The molecular formula is C12H11BrFNO3. The highest BCUT2D eigenvalue weighted by molar-refractivity contribution is 9.10. The van der Waals surface area contributed by atoms with Crippen LogP contribution in [0.5, 0.6) is 0 Å². The number of carboxylic acid groups (broad SMARTS) is 1. The smallest absolute Gasteiger partial charge is 0.308 e. The molecule has 1 saturated heterocycles. The van der Waals surface area contributed by atoms with Gasteiger partial charge in [-0.3, -0.25) is 9.59 Å². The molecule has 1 aromatic carbocycles. The number of carbonyl (C=O) groups excluding carboxylic acids is 1. The molecule has 1 aromatic rings. The lowest BCUT2D eigenvalue weighted by molar-refractivity contribution is -0.141. The highest BCUT2D eigenvalue weighted by atomic mass is 79.9. The van der Waals surface area contributed by atoms with Crippen LogP contribution < -0.4 is 0 Å². The average Bonchev–Trinajstić information content (AvgIpc) is 2.75. The van der Waals surface area contributed by atoms with Crippen molar-refractivity contribution < 1.29 is 19.1 Å². The molecule has 0 unspecified atom stereocenters. The van der Waals surface area contributed by atoms with Gasteiger partial charge in [0.05, 0.1) is 5.92 Å². The van der Waals surface area contributed by atoms with Crippen molar-refractivity contribution >= 4 is 27.8 Å². The van der Waals surface area contributed by atoms with E-state index in [1.165, 1.54) is 17.0 Å². The van der Waals surface area contributed by atoms with Crippen LogP contribution in [0.2, 0.25) is 0 Å². The molecule has 1 heterocycles. The zero-order valence-corrected chi connectivity index (χ0v) is 11.0. The van der Waals surface area contributed by atoms with Gasteiger partial charge in [-0.15, -0.1) is 0 Å². The first-order chi connectivity index (χ1) is 8.47. The summed E-state index contributed by atoms with van der Waals surface area (Å²) in [6, 6.07) is 3.95. The standard InChI is InChI=1S/C12H11BrFNO3/c13-9-3-8(4-10(14)5-9)11(16)15-2-1-7(6-15)12(17)18/h3-5,7H,1-2,6H2,(H,17,18)/t7-/m0/s1. The van der Waals surface area contributed by atoms with Crippen LogP contribution >= 0.6 is 15.9 Å². The van der Waals surface area contributed by atoms with Crippen molar-refractivity contribution in [2.24, 2.45) is 5.92 Å². The van der Waals surface area contributed by atoms with Crippen LogP contribution in [0.4, 0.5) is 4.39 Å². The summed E-state index contributed by atoms with van der Waals surface area (Å²) in [6.07, 6.45) is 0.442. The predicted molar refractivity (Wildman–Crippen MR) is 65.7 cm³/mol. The lowest BCUT2D eigenvalue weighted by Crippen LogP contribution is -2.30. The van der Waals surface area contributed by atoms with Gasteiger partial charge in [-0.05, 0) is 24.6 Å². The van der Waals surface area contributed by atoms with E-state index in [0.717, 1.165) is 6.07 Å². The summed E-state index contributed by atoms with van der Waals surface area (Å²) < 4.78 is 13.7. The molecule has 18 heavy (non-hydrogen) atoms. The van der Waals surface area contributed by atoms with Crippen molar-refractivity contribution in [1.82, 2.24) is 4.90 Å². The summed E-state index contributed by atoms with van der Waals surface area (Å²) in [5, 5.41) is 8.87. The predicted octanol–water partition coefficient (Wildman–Crippen LogP) is 2.13. The van der Waals surface area contributed by atoms with E-state index < -0.39 is 17.7 Å². The summed E-state index contributed by atoms with van der Waals surface area (Å²) in [7, 11) is 0. The van der Waals surface area contributed by atoms with Crippen LogP contribution in [-0.2, 0) is 4.79 Å². The monoisotopic (exact) mass is 315 g/mol. The number of rotatable bonds is 2. The van der Waals surface area contributed by atoms with Crippen LogP contribution in [0.15, 0.2) is 22.7 Å². The maximum absolute atomic E-state index is 13.2. The van der Waals surface area contributed by atoms with Crippen LogP contribution in [0.25, 0.3) is 0 Å². The molecule has 1 aliphatic rings. The third kappa shape index (κ3) is 2.69. The topological polar surface area (TPSA) is 57.6 Å². The molecule has 1 N–H and O–H groups in total. The van der Waals surface area contributed by atoms with Gasteiger partial charge in [-0.1, -0.05) is 15.9 Å². The summed E-state index contributed by atoms with van der Waals surface area (Å²) in [4.78, 5) is 24.3. The Morgan fingerprint density at radius 3 is 2.67 bits per heavy atom. The van der Waals surface area contributed by atoms with Gasteiger partial charge in [0.1, 0.15) is 5.82 Å². The Labute approximate surface area is 112 Å². The minimum Gasteiger partial charge on any atom is -0.481 e. The van der Waals surface area contributed by atoms with Crippen molar-refractivity contribution in [1.29, 1.82) is 0 Å². The maximum atomic E-state index is 13.2. The second-order valence-electron chi connectivity index (χ2n) is 4.23. The van der Waals surface area contributed by atoms with E-state index in [-0.39, 0.29) is 18.0 Å².